The fourth-order valence-electron chi connectivity index (χ4n) is 2.32. The number of amides is 1. The van der Waals surface area contributed by atoms with Crippen LogP contribution in [0.5, 0.6) is 0 Å². The Balaban J connectivity index is 2.52. The van der Waals surface area contributed by atoms with Crippen molar-refractivity contribution in [3.63, 3.8) is 0 Å². The molecule has 0 saturated heterocycles. The van der Waals surface area contributed by atoms with Crippen LogP contribution in [0.4, 0.5) is 0 Å². The van der Waals surface area contributed by atoms with Gasteiger partial charge in [-0.3, -0.25) is 4.79 Å². The third-order valence-electron chi connectivity index (χ3n) is 3.48. The molecule has 0 aromatic rings. The first-order valence-electron chi connectivity index (χ1n) is 6.16. The van der Waals surface area contributed by atoms with Gasteiger partial charge in [0.25, 0.3) is 0 Å². The molecule has 1 N–H and O–H groups in total. The van der Waals surface area contributed by atoms with Crippen LogP contribution in [0.2, 0.25) is 0 Å². The average molecular weight is 273 g/mol. The summed E-state index contributed by atoms with van der Waals surface area (Å²) in [5.41, 5.74) is 1.19. The van der Waals surface area contributed by atoms with Gasteiger partial charge in [-0.2, -0.15) is 0 Å². The fraction of sp³-hybridized carbons (Fsp3) is 0.769. The van der Waals surface area contributed by atoms with Gasteiger partial charge in [-0.25, -0.2) is 8.42 Å². The van der Waals surface area contributed by atoms with Gasteiger partial charge in [0.05, 0.1) is 11.7 Å². The molecule has 2 atom stereocenters. The molecule has 1 aliphatic rings. The van der Waals surface area contributed by atoms with E-state index in [0.717, 1.165) is 0 Å². The summed E-state index contributed by atoms with van der Waals surface area (Å²) < 4.78 is 21.9. The van der Waals surface area contributed by atoms with Crippen molar-refractivity contribution in [1.29, 1.82) is 0 Å². The third-order valence-corrected chi connectivity index (χ3v) is 4.42. The van der Waals surface area contributed by atoms with Gasteiger partial charge in [0.2, 0.25) is 5.91 Å². The number of carbonyl (C=O) groups excluding carboxylic acids is 1. The summed E-state index contributed by atoms with van der Waals surface area (Å²) in [6.07, 6.45) is 3.30. The summed E-state index contributed by atoms with van der Waals surface area (Å²) >= 11 is 0. The number of allylic oxidation sites excluding steroid dienone is 2. The van der Waals surface area contributed by atoms with Crippen LogP contribution < -0.4 is 5.32 Å². The third kappa shape index (κ3) is 3.83. The molecule has 0 spiro atoms. The minimum absolute atomic E-state index is 0.000794. The molecule has 1 fully saturated rings. The lowest BCUT2D eigenvalue weighted by atomic mass is 10.1. The molecule has 1 amide bonds. The fourth-order valence-corrected chi connectivity index (χ4v) is 2.79. The topological polar surface area (TPSA) is 63.2 Å². The Kier molecular flexibility index (Phi) is 4.26. The zero-order valence-electron chi connectivity index (χ0n) is 11.8. The van der Waals surface area contributed by atoms with E-state index in [1.54, 1.807) is 0 Å². The maximum atomic E-state index is 12.0. The zero-order valence-corrected chi connectivity index (χ0v) is 12.6. The van der Waals surface area contributed by atoms with Crippen LogP contribution >= 0.6 is 0 Å². The van der Waals surface area contributed by atoms with Gasteiger partial charge in [0, 0.05) is 12.8 Å². The monoisotopic (exact) mass is 273 g/mol. The molecule has 1 aliphatic carbocycles. The quantitative estimate of drug-likeness (QED) is 0.770. The van der Waals surface area contributed by atoms with Gasteiger partial charge < -0.3 is 5.32 Å². The normalized spacial score (nSPS) is 25.4. The lowest BCUT2D eigenvalue weighted by Crippen LogP contribution is -2.31. The average Bonchev–Trinajstić information content (AvgIpc) is 2.64. The van der Waals surface area contributed by atoms with Crippen molar-refractivity contribution >= 4 is 15.7 Å². The Morgan fingerprint density at radius 1 is 1.33 bits per heavy atom. The molecule has 0 unspecified atom stereocenters. The molecule has 104 valence electrons. The molecule has 1 saturated carbocycles. The van der Waals surface area contributed by atoms with E-state index in [2.05, 4.69) is 25.2 Å². The predicted molar refractivity (Wildman–Crippen MR) is 72.9 cm³/mol. The van der Waals surface area contributed by atoms with Crippen LogP contribution in [0, 0.1) is 17.3 Å². The maximum absolute atomic E-state index is 12.0. The molecule has 1 rings (SSSR count). The van der Waals surface area contributed by atoms with Gasteiger partial charge in [-0.15, -0.1) is 0 Å². The molecular formula is C13H23NO3S. The van der Waals surface area contributed by atoms with Crippen molar-refractivity contribution in [1.82, 2.24) is 5.32 Å². The molecule has 0 aromatic carbocycles. The zero-order chi connectivity index (χ0) is 14.1. The van der Waals surface area contributed by atoms with E-state index in [0.29, 0.717) is 0 Å². The van der Waals surface area contributed by atoms with Crippen molar-refractivity contribution in [3.8, 4) is 0 Å². The second-order valence-electron chi connectivity index (χ2n) is 5.99. The van der Waals surface area contributed by atoms with Gasteiger partial charge in [0.1, 0.15) is 9.84 Å². The standard InChI is InChI=1S/C13H23NO3S/c1-9(2)8-10-11(13(10,3)4)12(15)14-6-7-18(5,16)17/h8,10-11H,6-7H2,1-5H3,(H,14,15)/t10-,11-/m0/s1. The summed E-state index contributed by atoms with van der Waals surface area (Å²) in [5, 5.41) is 2.71. The largest absolute Gasteiger partial charge is 0.355 e. The number of hydrogen-bond donors (Lipinski definition) is 1. The molecule has 5 heteroatoms. The van der Waals surface area contributed by atoms with E-state index in [9.17, 15) is 13.2 Å². The van der Waals surface area contributed by atoms with E-state index in [1.165, 1.54) is 11.8 Å². The van der Waals surface area contributed by atoms with Gasteiger partial charge >= 0.3 is 0 Å². The first-order chi connectivity index (χ1) is 8.05. The summed E-state index contributed by atoms with van der Waals surface area (Å²) in [5.74, 6) is 0.193. The Morgan fingerprint density at radius 2 is 1.89 bits per heavy atom. The molecule has 18 heavy (non-hydrogen) atoms. The van der Waals surface area contributed by atoms with Crippen LogP contribution in [-0.4, -0.2) is 32.9 Å². The number of hydrogen-bond acceptors (Lipinski definition) is 3. The highest BCUT2D eigenvalue weighted by Gasteiger charge is 2.60. The Morgan fingerprint density at radius 3 is 2.33 bits per heavy atom. The number of nitrogens with one attached hydrogen (secondary N) is 1. The lowest BCUT2D eigenvalue weighted by molar-refractivity contribution is -0.123. The molecule has 0 aliphatic heterocycles. The van der Waals surface area contributed by atoms with Crippen LogP contribution in [0.3, 0.4) is 0 Å². The van der Waals surface area contributed by atoms with Crippen LogP contribution in [-0.2, 0) is 14.6 Å². The Labute approximate surface area is 110 Å². The Hall–Kier alpha value is -0.840. The number of rotatable bonds is 5. The van der Waals surface area contributed by atoms with Gasteiger partial charge in [0.15, 0.2) is 0 Å². The van der Waals surface area contributed by atoms with Crippen molar-refractivity contribution in [3.05, 3.63) is 11.6 Å². The lowest BCUT2D eigenvalue weighted by Gasteiger charge is -2.05. The van der Waals surface area contributed by atoms with E-state index in [1.807, 2.05) is 13.8 Å². The van der Waals surface area contributed by atoms with E-state index in [-0.39, 0.29) is 35.5 Å². The summed E-state index contributed by atoms with van der Waals surface area (Å²) in [7, 11) is -3.01. The highest BCUT2D eigenvalue weighted by molar-refractivity contribution is 7.90. The van der Waals surface area contributed by atoms with Gasteiger partial charge in [-0.1, -0.05) is 25.5 Å². The first-order valence-corrected chi connectivity index (χ1v) is 8.22. The highest BCUT2D eigenvalue weighted by Crippen LogP contribution is 2.59. The predicted octanol–water partition coefficient (Wildman–Crippen LogP) is 1.39. The second kappa shape index (κ2) is 5.03. The van der Waals surface area contributed by atoms with Crippen LogP contribution in [0.15, 0.2) is 11.6 Å². The molecule has 0 radical (unpaired) electrons. The van der Waals surface area contributed by atoms with Crippen LogP contribution in [0.25, 0.3) is 0 Å². The van der Waals surface area contributed by atoms with Crippen molar-refractivity contribution in [2.24, 2.45) is 17.3 Å². The molecule has 0 bridgehead atoms. The van der Waals surface area contributed by atoms with E-state index >= 15 is 0 Å². The number of sulfone groups is 1. The highest BCUT2D eigenvalue weighted by atomic mass is 32.2. The molecular weight excluding hydrogens is 250 g/mol. The molecule has 0 aromatic heterocycles. The molecule has 4 nitrogen and oxygen atoms in total. The van der Waals surface area contributed by atoms with E-state index < -0.39 is 9.84 Å². The molecule has 0 heterocycles. The number of carbonyl (C=O) groups is 1. The second-order valence-corrected chi connectivity index (χ2v) is 8.25. The van der Waals surface area contributed by atoms with Crippen molar-refractivity contribution < 1.29 is 13.2 Å². The first kappa shape index (κ1) is 15.2. The smallest absolute Gasteiger partial charge is 0.224 e. The van der Waals surface area contributed by atoms with Crippen molar-refractivity contribution in [2.75, 3.05) is 18.6 Å². The maximum Gasteiger partial charge on any atom is 0.224 e. The SMILES string of the molecule is CC(C)=C[C@H]1[C@@H](C(=O)NCCS(C)(=O)=O)C1(C)C. The Bertz CT molecular complexity index is 459. The summed E-state index contributed by atoms with van der Waals surface area (Å²) in [4.78, 5) is 12.0. The van der Waals surface area contributed by atoms with Crippen LogP contribution in [0.1, 0.15) is 27.7 Å². The van der Waals surface area contributed by atoms with Crippen molar-refractivity contribution in [2.45, 2.75) is 27.7 Å². The minimum atomic E-state index is -3.01. The van der Waals surface area contributed by atoms with E-state index in [4.69, 9.17) is 0 Å². The summed E-state index contributed by atoms with van der Waals surface area (Å²) in [6, 6.07) is 0. The van der Waals surface area contributed by atoms with Gasteiger partial charge in [-0.05, 0) is 25.2 Å². The minimum Gasteiger partial charge on any atom is -0.355 e. The summed E-state index contributed by atoms with van der Waals surface area (Å²) in [6.45, 7) is 8.38.